The molecule has 0 radical (unpaired) electrons. The average molecular weight is 509 g/mol. The molecule has 4 aromatic carbocycles. The summed E-state index contributed by atoms with van der Waals surface area (Å²) in [6, 6.07) is 35.3. The second-order valence-electron chi connectivity index (χ2n) is 10.1. The van der Waals surface area contributed by atoms with Crippen molar-refractivity contribution in [1.29, 1.82) is 0 Å². The number of nitrogens with two attached hydrogens (primary N) is 1. The SMILES string of the molecule is CN(Cc1ccccc1)C[C@H]1C[C@@H](c2ccc(CO)cc2)O[C@@H](c2cccc(-c3cccc(CN)c3)c2)O1. The van der Waals surface area contributed by atoms with E-state index < -0.39 is 6.29 Å². The largest absolute Gasteiger partial charge is 0.392 e. The lowest BCUT2D eigenvalue weighted by atomic mass is 9.98. The van der Waals surface area contributed by atoms with E-state index in [1.807, 2.05) is 30.3 Å². The van der Waals surface area contributed by atoms with Crippen molar-refractivity contribution in [3.8, 4) is 11.1 Å². The number of ether oxygens (including phenoxy) is 2. The standard InChI is InChI=1S/C33H36N2O3/c1-35(21-24-7-3-2-4-8-24)22-31-19-32(27-15-13-25(23-36)14-16-27)38-33(37-31)30-12-6-11-29(18-30)28-10-5-9-26(17-28)20-34/h2-18,31-33,36H,19-23,34H2,1H3/t31-,32+,33+/m1/s1. The highest BCUT2D eigenvalue weighted by molar-refractivity contribution is 5.65. The Balaban J connectivity index is 1.39. The van der Waals surface area contributed by atoms with Crippen LogP contribution >= 0.6 is 0 Å². The summed E-state index contributed by atoms with van der Waals surface area (Å²) in [5.74, 6) is 0. The number of aliphatic hydroxyl groups is 1. The maximum atomic E-state index is 9.48. The summed E-state index contributed by atoms with van der Waals surface area (Å²) in [7, 11) is 2.14. The molecule has 5 nitrogen and oxygen atoms in total. The highest BCUT2D eigenvalue weighted by atomic mass is 16.7. The first-order valence-corrected chi connectivity index (χ1v) is 13.2. The summed E-state index contributed by atoms with van der Waals surface area (Å²) in [6.45, 7) is 2.19. The maximum absolute atomic E-state index is 9.48. The number of hydrogen-bond donors (Lipinski definition) is 2. The molecule has 0 aliphatic carbocycles. The van der Waals surface area contributed by atoms with Gasteiger partial charge in [0.2, 0.25) is 0 Å². The molecule has 0 saturated carbocycles. The van der Waals surface area contributed by atoms with E-state index in [0.717, 1.165) is 52.9 Å². The van der Waals surface area contributed by atoms with E-state index >= 15 is 0 Å². The number of rotatable bonds is 9. The summed E-state index contributed by atoms with van der Waals surface area (Å²) in [5.41, 5.74) is 13.5. The highest BCUT2D eigenvalue weighted by Crippen LogP contribution is 2.39. The van der Waals surface area contributed by atoms with Crippen LogP contribution in [0.15, 0.2) is 103 Å². The summed E-state index contributed by atoms with van der Waals surface area (Å²) >= 11 is 0. The van der Waals surface area contributed by atoms with Crippen molar-refractivity contribution in [2.75, 3.05) is 13.6 Å². The Morgan fingerprint density at radius 1 is 0.763 bits per heavy atom. The topological polar surface area (TPSA) is 68.0 Å². The molecule has 3 atom stereocenters. The van der Waals surface area contributed by atoms with Crippen LogP contribution in [-0.2, 0) is 29.2 Å². The zero-order valence-corrected chi connectivity index (χ0v) is 21.9. The quantitative estimate of drug-likeness (QED) is 0.291. The molecular formula is C33H36N2O3. The molecule has 3 N–H and O–H groups in total. The van der Waals surface area contributed by atoms with Gasteiger partial charge in [0.1, 0.15) is 0 Å². The first kappa shape index (κ1) is 26.3. The monoisotopic (exact) mass is 508 g/mol. The molecular weight excluding hydrogens is 472 g/mol. The molecule has 0 amide bonds. The summed E-state index contributed by atoms with van der Waals surface area (Å²) in [5, 5.41) is 9.48. The van der Waals surface area contributed by atoms with Crippen LogP contribution in [0.25, 0.3) is 11.1 Å². The molecule has 196 valence electrons. The molecule has 5 rings (SSSR count). The van der Waals surface area contributed by atoms with Crippen molar-refractivity contribution in [2.24, 2.45) is 5.73 Å². The van der Waals surface area contributed by atoms with Gasteiger partial charge in [-0.1, -0.05) is 91.0 Å². The van der Waals surface area contributed by atoms with E-state index in [0.29, 0.717) is 6.54 Å². The maximum Gasteiger partial charge on any atom is 0.184 e. The minimum Gasteiger partial charge on any atom is -0.392 e. The third-order valence-corrected chi connectivity index (χ3v) is 7.08. The first-order valence-electron chi connectivity index (χ1n) is 13.2. The third-order valence-electron chi connectivity index (χ3n) is 7.08. The zero-order chi connectivity index (χ0) is 26.3. The van der Waals surface area contributed by atoms with Crippen LogP contribution in [0, 0.1) is 0 Å². The number of aliphatic hydroxyl groups excluding tert-OH is 1. The predicted octanol–water partition coefficient (Wildman–Crippen LogP) is 5.98. The van der Waals surface area contributed by atoms with E-state index in [2.05, 4.69) is 84.7 Å². The predicted molar refractivity (Wildman–Crippen MR) is 151 cm³/mol. The van der Waals surface area contributed by atoms with Gasteiger partial charge in [0.15, 0.2) is 6.29 Å². The molecule has 1 fully saturated rings. The van der Waals surface area contributed by atoms with Crippen LogP contribution < -0.4 is 5.73 Å². The Morgan fingerprint density at radius 2 is 1.47 bits per heavy atom. The molecule has 0 aromatic heterocycles. The highest BCUT2D eigenvalue weighted by Gasteiger charge is 2.33. The van der Waals surface area contributed by atoms with Crippen LogP contribution in [0.1, 0.15) is 46.6 Å². The fourth-order valence-corrected chi connectivity index (χ4v) is 5.08. The van der Waals surface area contributed by atoms with E-state index in [1.54, 1.807) is 0 Å². The lowest BCUT2D eigenvalue weighted by Crippen LogP contribution is -2.37. The Labute approximate surface area is 225 Å². The normalized spacial score (nSPS) is 19.5. The van der Waals surface area contributed by atoms with Gasteiger partial charge in [-0.3, -0.25) is 4.90 Å². The molecule has 38 heavy (non-hydrogen) atoms. The van der Waals surface area contributed by atoms with E-state index in [9.17, 15) is 5.11 Å². The van der Waals surface area contributed by atoms with Crippen LogP contribution in [0.2, 0.25) is 0 Å². The van der Waals surface area contributed by atoms with E-state index in [4.69, 9.17) is 15.2 Å². The van der Waals surface area contributed by atoms with Crippen molar-refractivity contribution < 1.29 is 14.6 Å². The van der Waals surface area contributed by atoms with Gasteiger partial charge in [-0.05, 0) is 52.6 Å². The van der Waals surface area contributed by atoms with Crippen molar-refractivity contribution in [3.63, 3.8) is 0 Å². The molecule has 1 heterocycles. The third kappa shape index (κ3) is 6.57. The minimum absolute atomic E-state index is 0.00537. The number of likely N-dealkylation sites (N-methyl/N-ethyl adjacent to an activating group) is 1. The Bertz CT molecular complexity index is 1310. The van der Waals surface area contributed by atoms with Crippen LogP contribution in [0.5, 0.6) is 0 Å². The smallest absolute Gasteiger partial charge is 0.184 e. The van der Waals surface area contributed by atoms with Crippen molar-refractivity contribution in [3.05, 3.63) is 131 Å². The lowest BCUT2D eigenvalue weighted by molar-refractivity contribution is -0.252. The molecule has 0 unspecified atom stereocenters. The number of nitrogens with zero attached hydrogens (tertiary/aromatic N) is 1. The molecule has 0 spiro atoms. The van der Waals surface area contributed by atoms with Crippen molar-refractivity contribution in [1.82, 2.24) is 4.90 Å². The van der Waals surface area contributed by atoms with Gasteiger partial charge in [-0.15, -0.1) is 0 Å². The Morgan fingerprint density at radius 3 is 2.21 bits per heavy atom. The fourth-order valence-electron chi connectivity index (χ4n) is 5.08. The molecule has 5 heteroatoms. The van der Waals surface area contributed by atoms with Crippen LogP contribution in [-0.4, -0.2) is 29.7 Å². The van der Waals surface area contributed by atoms with Crippen LogP contribution in [0.3, 0.4) is 0 Å². The Hall–Kier alpha value is -3.32. The number of benzene rings is 4. The van der Waals surface area contributed by atoms with Crippen molar-refractivity contribution >= 4 is 0 Å². The molecule has 0 bridgehead atoms. The fraction of sp³-hybridized carbons (Fsp3) is 0.273. The van der Waals surface area contributed by atoms with Crippen LogP contribution in [0.4, 0.5) is 0 Å². The average Bonchev–Trinajstić information content (AvgIpc) is 2.97. The van der Waals surface area contributed by atoms with Crippen molar-refractivity contribution in [2.45, 2.75) is 44.6 Å². The van der Waals surface area contributed by atoms with Gasteiger partial charge < -0.3 is 20.3 Å². The number of hydrogen-bond acceptors (Lipinski definition) is 5. The van der Waals surface area contributed by atoms with E-state index in [1.165, 1.54) is 5.56 Å². The molecule has 4 aromatic rings. The van der Waals surface area contributed by atoms with E-state index in [-0.39, 0.29) is 18.8 Å². The van der Waals surface area contributed by atoms with Gasteiger partial charge in [0, 0.05) is 31.6 Å². The molecule has 1 aliphatic rings. The zero-order valence-electron chi connectivity index (χ0n) is 21.9. The Kier molecular flexibility index (Phi) is 8.64. The van der Waals surface area contributed by atoms with Gasteiger partial charge in [0.05, 0.1) is 18.8 Å². The summed E-state index contributed by atoms with van der Waals surface area (Å²) in [6.07, 6.45) is 0.154. The van der Waals surface area contributed by atoms with Gasteiger partial charge in [-0.25, -0.2) is 0 Å². The second kappa shape index (κ2) is 12.5. The molecule has 1 aliphatic heterocycles. The minimum atomic E-state index is -0.487. The van der Waals surface area contributed by atoms with Gasteiger partial charge in [-0.2, -0.15) is 0 Å². The molecule has 1 saturated heterocycles. The first-order chi connectivity index (χ1) is 18.6. The summed E-state index contributed by atoms with van der Waals surface area (Å²) < 4.78 is 13.2. The van der Waals surface area contributed by atoms with Gasteiger partial charge >= 0.3 is 0 Å². The summed E-state index contributed by atoms with van der Waals surface area (Å²) in [4.78, 5) is 2.31. The lowest BCUT2D eigenvalue weighted by Gasteiger charge is -2.38. The van der Waals surface area contributed by atoms with Gasteiger partial charge in [0.25, 0.3) is 0 Å². The second-order valence-corrected chi connectivity index (χ2v) is 10.1.